The third kappa shape index (κ3) is 2.39. The summed E-state index contributed by atoms with van der Waals surface area (Å²) < 4.78 is 5.34. The van der Waals surface area contributed by atoms with E-state index in [1.165, 1.54) is 6.20 Å². The van der Waals surface area contributed by atoms with Crippen LogP contribution in [0, 0.1) is 6.92 Å². The molecule has 5 nitrogen and oxygen atoms in total. The topological polar surface area (TPSA) is 62.7 Å². The van der Waals surface area contributed by atoms with Crippen LogP contribution in [0.5, 0.6) is 0 Å². The zero-order valence-corrected chi connectivity index (χ0v) is 10.0. The van der Waals surface area contributed by atoms with E-state index in [-0.39, 0.29) is 5.56 Å². The summed E-state index contributed by atoms with van der Waals surface area (Å²) in [4.78, 5) is 17.1. The highest BCUT2D eigenvalue weighted by Gasteiger charge is 2.22. The monoisotopic (exact) mass is 236 g/mol. The summed E-state index contributed by atoms with van der Waals surface area (Å²) in [6.07, 6.45) is 2.38. The summed E-state index contributed by atoms with van der Waals surface area (Å²) in [5.41, 5.74) is 1.10. The summed E-state index contributed by atoms with van der Waals surface area (Å²) in [5.74, 6) is -0.121. The summed E-state index contributed by atoms with van der Waals surface area (Å²) in [6, 6.07) is 1.98. The highest BCUT2D eigenvalue weighted by atomic mass is 16.5. The van der Waals surface area contributed by atoms with E-state index in [0.29, 0.717) is 12.6 Å². The molecule has 1 atom stereocenters. The Bertz CT molecular complexity index is 428. The third-order valence-electron chi connectivity index (χ3n) is 3.09. The quantitative estimate of drug-likeness (QED) is 0.857. The lowest BCUT2D eigenvalue weighted by molar-refractivity contribution is 0.0696. The van der Waals surface area contributed by atoms with Crippen LogP contribution in [-0.4, -0.2) is 42.4 Å². The largest absolute Gasteiger partial charge is 0.478 e. The zero-order chi connectivity index (χ0) is 12.4. The molecule has 0 bridgehead atoms. The van der Waals surface area contributed by atoms with Gasteiger partial charge in [-0.2, -0.15) is 0 Å². The Morgan fingerprint density at radius 2 is 2.41 bits per heavy atom. The van der Waals surface area contributed by atoms with Crippen molar-refractivity contribution in [2.24, 2.45) is 0 Å². The average molecular weight is 236 g/mol. The lowest BCUT2D eigenvalue weighted by Crippen LogP contribution is -2.33. The van der Waals surface area contributed by atoms with E-state index in [1.54, 1.807) is 6.07 Å². The van der Waals surface area contributed by atoms with Crippen LogP contribution in [0.1, 0.15) is 22.3 Å². The summed E-state index contributed by atoms with van der Waals surface area (Å²) >= 11 is 0. The van der Waals surface area contributed by atoms with Gasteiger partial charge in [0.1, 0.15) is 5.82 Å². The second kappa shape index (κ2) is 4.71. The molecular formula is C12H16N2O3. The minimum absolute atomic E-state index is 0.224. The normalized spacial score (nSPS) is 19.3. The lowest BCUT2D eigenvalue weighted by Gasteiger charge is -2.25. The third-order valence-corrected chi connectivity index (χ3v) is 3.09. The molecule has 0 amide bonds. The molecule has 0 radical (unpaired) electrons. The number of pyridine rings is 1. The number of carboxylic acid groups (broad SMARTS) is 1. The molecule has 1 unspecified atom stereocenters. The maximum atomic E-state index is 10.8. The molecule has 1 aromatic rings. The Morgan fingerprint density at radius 1 is 1.65 bits per heavy atom. The molecule has 1 saturated heterocycles. The number of aromatic nitrogens is 1. The molecule has 0 aliphatic carbocycles. The molecule has 1 aliphatic heterocycles. The molecule has 0 saturated carbocycles. The van der Waals surface area contributed by atoms with Crippen molar-refractivity contribution in [3.8, 4) is 0 Å². The number of ether oxygens (including phenoxy) is 1. The number of hydrogen-bond acceptors (Lipinski definition) is 4. The van der Waals surface area contributed by atoms with Crippen molar-refractivity contribution in [3.63, 3.8) is 0 Å². The molecule has 2 rings (SSSR count). The Labute approximate surface area is 100 Å². The van der Waals surface area contributed by atoms with Crippen LogP contribution in [0.2, 0.25) is 0 Å². The second-order valence-electron chi connectivity index (χ2n) is 4.30. The molecule has 2 heterocycles. The van der Waals surface area contributed by atoms with E-state index < -0.39 is 5.97 Å². The first-order valence-corrected chi connectivity index (χ1v) is 5.60. The molecule has 5 heteroatoms. The fourth-order valence-electron chi connectivity index (χ4n) is 2.05. The summed E-state index contributed by atoms with van der Waals surface area (Å²) in [5, 5.41) is 8.88. The highest BCUT2D eigenvalue weighted by molar-refractivity contribution is 5.87. The van der Waals surface area contributed by atoms with Gasteiger partial charge in [0.2, 0.25) is 0 Å². The first-order chi connectivity index (χ1) is 8.09. The van der Waals surface area contributed by atoms with E-state index in [1.807, 2.05) is 14.0 Å². The van der Waals surface area contributed by atoms with Gasteiger partial charge in [-0.15, -0.1) is 0 Å². The van der Waals surface area contributed by atoms with E-state index >= 15 is 0 Å². The molecule has 1 aliphatic rings. The Kier molecular flexibility index (Phi) is 3.28. The number of aryl methyl sites for hydroxylation is 1. The van der Waals surface area contributed by atoms with Crippen molar-refractivity contribution >= 4 is 11.8 Å². The highest BCUT2D eigenvalue weighted by Crippen LogP contribution is 2.22. The predicted octanol–water partition coefficient (Wildman–Crippen LogP) is 1.31. The van der Waals surface area contributed by atoms with Crippen molar-refractivity contribution in [2.45, 2.75) is 19.4 Å². The fourth-order valence-corrected chi connectivity index (χ4v) is 2.05. The van der Waals surface area contributed by atoms with Crippen LogP contribution < -0.4 is 4.90 Å². The van der Waals surface area contributed by atoms with Crippen LogP contribution >= 0.6 is 0 Å². The van der Waals surface area contributed by atoms with Crippen molar-refractivity contribution in [3.05, 3.63) is 23.4 Å². The number of hydrogen-bond donors (Lipinski definition) is 1. The maximum absolute atomic E-state index is 10.8. The number of rotatable bonds is 3. The zero-order valence-electron chi connectivity index (χ0n) is 10.0. The van der Waals surface area contributed by atoms with Gasteiger partial charge >= 0.3 is 5.97 Å². The maximum Gasteiger partial charge on any atom is 0.337 e. The Morgan fingerprint density at radius 3 is 2.94 bits per heavy atom. The minimum Gasteiger partial charge on any atom is -0.478 e. The van der Waals surface area contributed by atoms with Gasteiger partial charge in [0.25, 0.3) is 0 Å². The van der Waals surface area contributed by atoms with Gasteiger partial charge in [0, 0.05) is 19.9 Å². The fraction of sp³-hybridized carbons (Fsp3) is 0.500. The van der Waals surface area contributed by atoms with Crippen molar-refractivity contribution in [1.82, 2.24) is 4.98 Å². The molecule has 0 spiro atoms. The van der Waals surface area contributed by atoms with Gasteiger partial charge in [-0.05, 0) is 25.0 Å². The van der Waals surface area contributed by atoms with E-state index in [2.05, 4.69) is 9.88 Å². The van der Waals surface area contributed by atoms with E-state index in [0.717, 1.165) is 24.4 Å². The van der Waals surface area contributed by atoms with Gasteiger partial charge in [-0.25, -0.2) is 9.78 Å². The minimum atomic E-state index is -0.945. The van der Waals surface area contributed by atoms with Crippen molar-refractivity contribution < 1.29 is 14.6 Å². The number of carboxylic acids is 1. The first kappa shape index (κ1) is 11.9. The number of anilines is 1. The molecular weight excluding hydrogens is 220 g/mol. The molecule has 92 valence electrons. The van der Waals surface area contributed by atoms with Crippen LogP contribution in [-0.2, 0) is 4.74 Å². The average Bonchev–Trinajstić information content (AvgIpc) is 2.81. The Hall–Kier alpha value is -1.62. The molecule has 1 fully saturated rings. The van der Waals surface area contributed by atoms with Gasteiger partial charge in [-0.1, -0.05) is 0 Å². The van der Waals surface area contributed by atoms with Crippen molar-refractivity contribution in [2.75, 3.05) is 25.2 Å². The first-order valence-electron chi connectivity index (χ1n) is 5.60. The smallest absolute Gasteiger partial charge is 0.337 e. The molecule has 0 aromatic carbocycles. The molecule has 1 aromatic heterocycles. The van der Waals surface area contributed by atoms with Gasteiger partial charge in [-0.3, -0.25) is 0 Å². The van der Waals surface area contributed by atoms with Crippen LogP contribution in [0.3, 0.4) is 0 Å². The number of carbonyl (C=O) groups is 1. The van der Waals surface area contributed by atoms with E-state index in [9.17, 15) is 4.79 Å². The predicted molar refractivity (Wildman–Crippen MR) is 63.6 cm³/mol. The van der Waals surface area contributed by atoms with Crippen LogP contribution in [0.15, 0.2) is 12.3 Å². The van der Waals surface area contributed by atoms with Crippen molar-refractivity contribution in [1.29, 1.82) is 0 Å². The van der Waals surface area contributed by atoms with Gasteiger partial charge < -0.3 is 14.7 Å². The number of aromatic carboxylic acids is 1. The number of likely N-dealkylation sites (N-methyl/N-ethyl adjacent to an activating group) is 1. The Balaban J connectivity index is 2.23. The standard InChI is InChI=1S/C12H16N2O3/c1-8-5-9(12(15)16)6-13-11(8)14(2)10-3-4-17-7-10/h5-6,10H,3-4,7H2,1-2H3,(H,15,16). The molecule has 1 N–H and O–H groups in total. The van der Waals surface area contributed by atoms with Gasteiger partial charge in [0.05, 0.1) is 18.2 Å². The van der Waals surface area contributed by atoms with E-state index in [4.69, 9.17) is 9.84 Å². The van der Waals surface area contributed by atoms with Crippen LogP contribution in [0.25, 0.3) is 0 Å². The van der Waals surface area contributed by atoms with Crippen LogP contribution in [0.4, 0.5) is 5.82 Å². The molecule has 17 heavy (non-hydrogen) atoms. The SMILES string of the molecule is Cc1cc(C(=O)O)cnc1N(C)C1CCOC1. The van der Waals surface area contributed by atoms with Gasteiger partial charge in [0.15, 0.2) is 0 Å². The lowest BCUT2D eigenvalue weighted by atomic mass is 10.1. The number of nitrogens with zero attached hydrogens (tertiary/aromatic N) is 2. The summed E-state index contributed by atoms with van der Waals surface area (Å²) in [7, 11) is 1.97. The summed E-state index contributed by atoms with van der Waals surface area (Å²) in [6.45, 7) is 3.36. The second-order valence-corrected chi connectivity index (χ2v) is 4.30.